The molecule has 1 fully saturated rings. The van der Waals surface area contributed by atoms with E-state index in [-0.39, 0.29) is 0 Å². The molecule has 1 aromatic rings. The second kappa shape index (κ2) is 3.86. The van der Waals surface area contributed by atoms with E-state index in [2.05, 4.69) is 19.9 Å². The van der Waals surface area contributed by atoms with Crippen LogP contribution in [0.3, 0.4) is 0 Å². The highest BCUT2D eigenvalue weighted by molar-refractivity contribution is 7.16. The standard InChI is InChI=1S/C12H17ClS/c1-12(2)7-3-4-9(8-12)10-5-6-11(13)14-10/h5-6,9H,3-4,7-8H2,1-2H3. The van der Waals surface area contributed by atoms with E-state index < -0.39 is 0 Å². The van der Waals surface area contributed by atoms with Gasteiger partial charge in [-0.3, -0.25) is 0 Å². The molecule has 0 bridgehead atoms. The zero-order valence-electron chi connectivity index (χ0n) is 8.85. The Morgan fingerprint density at radius 3 is 2.79 bits per heavy atom. The zero-order valence-corrected chi connectivity index (χ0v) is 10.4. The molecule has 0 saturated heterocycles. The van der Waals surface area contributed by atoms with Gasteiger partial charge in [-0.25, -0.2) is 0 Å². The smallest absolute Gasteiger partial charge is 0.0931 e. The molecule has 0 aliphatic heterocycles. The third kappa shape index (κ3) is 2.32. The maximum Gasteiger partial charge on any atom is 0.0931 e. The Hall–Kier alpha value is -0.0100. The third-order valence-corrected chi connectivity index (χ3v) is 4.60. The van der Waals surface area contributed by atoms with Crippen LogP contribution in [0.5, 0.6) is 0 Å². The first kappa shape index (κ1) is 10.5. The van der Waals surface area contributed by atoms with Gasteiger partial charge in [0.1, 0.15) is 0 Å². The second-order valence-electron chi connectivity index (χ2n) is 5.10. The first-order valence-electron chi connectivity index (χ1n) is 5.32. The summed E-state index contributed by atoms with van der Waals surface area (Å²) in [5, 5.41) is 0. The number of hydrogen-bond acceptors (Lipinski definition) is 1. The van der Waals surface area contributed by atoms with Gasteiger partial charge >= 0.3 is 0 Å². The van der Waals surface area contributed by atoms with Crippen molar-refractivity contribution in [3.8, 4) is 0 Å². The van der Waals surface area contributed by atoms with E-state index >= 15 is 0 Å². The molecule has 14 heavy (non-hydrogen) atoms. The molecule has 0 amide bonds. The second-order valence-corrected chi connectivity index (χ2v) is 6.85. The Labute approximate surface area is 95.3 Å². The van der Waals surface area contributed by atoms with Gasteiger partial charge in [-0.15, -0.1) is 11.3 Å². The Morgan fingerprint density at radius 1 is 1.43 bits per heavy atom. The minimum absolute atomic E-state index is 0.527. The molecular formula is C12H17ClS. The third-order valence-electron chi connectivity index (χ3n) is 3.20. The van der Waals surface area contributed by atoms with Crippen molar-refractivity contribution >= 4 is 22.9 Å². The lowest BCUT2D eigenvalue weighted by molar-refractivity contribution is 0.221. The van der Waals surface area contributed by atoms with E-state index in [4.69, 9.17) is 11.6 Å². The number of halogens is 1. The lowest BCUT2D eigenvalue weighted by Gasteiger charge is -2.34. The summed E-state index contributed by atoms with van der Waals surface area (Å²) in [6.45, 7) is 4.77. The summed E-state index contributed by atoms with van der Waals surface area (Å²) in [4.78, 5) is 1.49. The van der Waals surface area contributed by atoms with Crippen LogP contribution >= 0.6 is 22.9 Å². The SMILES string of the molecule is CC1(C)CCCC(c2ccc(Cl)s2)C1. The van der Waals surface area contributed by atoms with Crippen LogP contribution in [-0.4, -0.2) is 0 Å². The summed E-state index contributed by atoms with van der Waals surface area (Å²) in [7, 11) is 0. The van der Waals surface area contributed by atoms with Gasteiger partial charge in [0.2, 0.25) is 0 Å². The first-order valence-corrected chi connectivity index (χ1v) is 6.51. The fourth-order valence-electron chi connectivity index (χ4n) is 2.49. The van der Waals surface area contributed by atoms with Crippen molar-refractivity contribution in [2.45, 2.75) is 45.4 Å². The maximum absolute atomic E-state index is 5.97. The minimum Gasteiger partial charge on any atom is -0.128 e. The largest absolute Gasteiger partial charge is 0.128 e. The van der Waals surface area contributed by atoms with Crippen molar-refractivity contribution in [3.05, 3.63) is 21.3 Å². The maximum atomic E-state index is 5.97. The molecule has 1 aliphatic rings. The molecular weight excluding hydrogens is 212 g/mol. The Balaban J connectivity index is 2.12. The molecule has 0 aromatic carbocycles. The van der Waals surface area contributed by atoms with E-state index in [9.17, 15) is 0 Å². The fraction of sp³-hybridized carbons (Fsp3) is 0.667. The van der Waals surface area contributed by atoms with Gasteiger partial charge in [-0.2, -0.15) is 0 Å². The van der Waals surface area contributed by atoms with Gasteiger partial charge in [0.25, 0.3) is 0 Å². The van der Waals surface area contributed by atoms with Crippen LogP contribution in [0.15, 0.2) is 12.1 Å². The van der Waals surface area contributed by atoms with Crippen molar-refractivity contribution in [1.82, 2.24) is 0 Å². The van der Waals surface area contributed by atoms with E-state index in [0.29, 0.717) is 5.41 Å². The highest BCUT2D eigenvalue weighted by atomic mass is 35.5. The molecule has 2 heteroatoms. The van der Waals surface area contributed by atoms with Crippen LogP contribution in [0.25, 0.3) is 0 Å². The molecule has 1 aromatic heterocycles. The summed E-state index contributed by atoms with van der Waals surface area (Å²) in [6, 6.07) is 4.24. The molecule has 1 saturated carbocycles. The van der Waals surface area contributed by atoms with E-state index in [1.54, 1.807) is 11.3 Å². The number of thiophene rings is 1. The minimum atomic E-state index is 0.527. The highest BCUT2D eigenvalue weighted by Gasteiger charge is 2.29. The van der Waals surface area contributed by atoms with Gasteiger partial charge in [0, 0.05) is 4.88 Å². The predicted octanol–water partition coefficient (Wildman–Crippen LogP) is 5.09. The normalized spacial score (nSPS) is 26.4. The molecule has 1 unspecified atom stereocenters. The molecule has 1 atom stereocenters. The van der Waals surface area contributed by atoms with Crippen molar-refractivity contribution in [2.75, 3.05) is 0 Å². The van der Waals surface area contributed by atoms with Gasteiger partial charge in [0.05, 0.1) is 4.34 Å². The molecule has 0 N–H and O–H groups in total. The summed E-state index contributed by atoms with van der Waals surface area (Å²) < 4.78 is 0.934. The number of hydrogen-bond donors (Lipinski definition) is 0. The molecule has 0 spiro atoms. The van der Waals surface area contributed by atoms with Crippen LogP contribution in [-0.2, 0) is 0 Å². The summed E-state index contributed by atoms with van der Waals surface area (Å²) >= 11 is 7.73. The van der Waals surface area contributed by atoms with Crippen molar-refractivity contribution in [1.29, 1.82) is 0 Å². The average Bonchev–Trinajstić information content (AvgIpc) is 2.50. The summed E-state index contributed by atoms with van der Waals surface area (Å²) in [5.74, 6) is 0.760. The van der Waals surface area contributed by atoms with Crippen LogP contribution < -0.4 is 0 Å². The van der Waals surface area contributed by atoms with Crippen molar-refractivity contribution in [3.63, 3.8) is 0 Å². The van der Waals surface area contributed by atoms with Gasteiger partial charge in [-0.1, -0.05) is 31.9 Å². The van der Waals surface area contributed by atoms with Gasteiger partial charge in [0.15, 0.2) is 0 Å². The lowest BCUT2D eigenvalue weighted by atomic mass is 9.72. The quantitative estimate of drug-likeness (QED) is 0.629. The molecule has 1 aliphatic carbocycles. The van der Waals surface area contributed by atoms with Crippen molar-refractivity contribution < 1.29 is 0 Å². The summed E-state index contributed by atoms with van der Waals surface area (Å²) in [5.41, 5.74) is 0.527. The first-order chi connectivity index (χ1) is 6.57. The molecule has 0 nitrogen and oxygen atoms in total. The molecule has 78 valence electrons. The van der Waals surface area contributed by atoms with E-state index in [1.165, 1.54) is 30.6 Å². The summed E-state index contributed by atoms with van der Waals surface area (Å²) in [6.07, 6.45) is 5.42. The number of rotatable bonds is 1. The van der Waals surface area contributed by atoms with E-state index in [0.717, 1.165) is 10.3 Å². The Kier molecular flexibility index (Phi) is 2.90. The van der Waals surface area contributed by atoms with Crippen LogP contribution in [0, 0.1) is 5.41 Å². The van der Waals surface area contributed by atoms with Crippen LogP contribution in [0.1, 0.15) is 50.3 Å². The van der Waals surface area contributed by atoms with Crippen molar-refractivity contribution in [2.24, 2.45) is 5.41 Å². The van der Waals surface area contributed by atoms with Crippen LogP contribution in [0.2, 0.25) is 4.34 Å². The Morgan fingerprint density at radius 2 is 2.21 bits per heavy atom. The highest BCUT2D eigenvalue weighted by Crippen LogP contribution is 2.45. The van der Waals surface area contributed by atoms with E-state index in [1.807, 2.05) is 6.07 Å². The zero-order chi connectivity index (χ0) is 10.2. The van der Waals surface area contributed by atoms with Gasteiger partial charge < -0.3 is 0 Å². The topological polar surface area (TPSA) is 0 Å². The lowest BCUT2D eigenvalue weighted by Crippen LogP contribution is -2.20. The molecule has 0 radical (unpaired) electrons. The van der Waals surface area contributed by atoms with Crippen LogP contribution in [0.4, 0.5) is 0 Å². The monoisotopic (exact) mass is 228 g/mol. The predicted molar refractivity (Wildman–Crippen MR) is 64.3 cm³/mol. The molecule has 2 rings (SSSR count). The molecule has 1 heterocycles. The Bertz CT molecular complexity index is 314. The average molecular weight is 229 g/mol. The van der Waals surface area contributed by atoms with Gasteiger partial charge in [-0.05, 0) is 42.7 Å². The fourth-order valence-corrected chi connectivity index (χ4v) is 3.68.